The van der Waals surface area contributed by atoms with Gasteiger partial charge in [-0.1, -0.05) is 35.0 Å². The number of ether oxygens (including phenoxy) is 1. The highest BCUT2D eigenvalue weighted by atomic mass is 35.5. The van der Waals surface area contributed by atoms with Gasteiger partial charge in [0, 0.05) is 19.3 Å². The average molecular weight is 390 g/mol. The number of rotatable bonds is 9. The number of hydrogen-bond donors (Lipinski definition) is 1. The Hall–Kier alpha value is -1.02. The zero-order chi connectivity index (χ0) is 17.5. The van der Waals surface area contributed by atoms with Crippen molar-refractivity contribution in [3.8, 4) is 5.75 Å². The molecule has 2 aromatic rings. The molecule has 0 bridgehead atoms. The lowest BCUT2D eigenvalue weighted by Crippen LogP contribution is -2.15. The predicted molar refractivity (Wildman–Crippen MR) is 98.1 cm³/mol. The Morgan fingerprint density at radius 3 is 2.58 bits per heavy atom. The topological polar surface area (TPSA) is 64.9 Å². The van der Waals surface area contributed by atoms with E-state index in [4.69, 9.17) is 27.9 Å². The van der Waals surface area contributed by atoms with Gasteiger partial charge in [0.15, 0.2) is 5.75 Å². The molecule has 132 valence electrons. The van der Waals surface area contributed by atoms with Crippen molar-refractivity contribution >= 4 is 35.0 Å². The quantitative estimate of drug-likeness (QED) is 0.522. The molecule has 0 spiro atoms. The third-order valence-corrected chi connectivity index (χ3v) is 4.71. The van der Waals surface area contributed by atoms with E-state index in [0.717, 1.165) is 29.4 Å². The van der Waals surface area contributed by atoms with Gasteiger partial charge in [-0.3, -0.25) is 0 Å². The first-order valence-corrected chi connectivity index (χ1v) is 9.42. The lowest BCUT2D eigenvalue weighted by molar-refractivity contribution is 0.242. The molecule has 0 aliphatic rings. The second-order valence-corrected chi connectivity index (χ2v) is 7.40. The van der Waals surface area contributed by atoms with E-state index in [1.807, 2.05) is 33.0 Å². The molecule has 1 N–H and O–H groups in total. The number of nitrogens with one attached hydrogen (secondary N) is 1. The number of hydrogen-bond acceptors (Lipinski definition) is 6. The fraction of sp³-hybridized carbons (Fsp3) is 0.533. The maximum Gasteiger partial charge on any atom is 0.209 e. The van der Waals surface area contributed by atoms with Crippen LogP contribution in [0.25, 0.3) is 0 Å². The molecule has 1 aromatic carbocycles. The van der Waals surface area contributed by atoms with Gasteiger partial charge in [-0.05, 0) is 54.9 Å². The molecule has 0 atom stereocenters. The van der Waals surface area contributed by atoms with Crippen LogP contribution in [0.1, 0.15) is 25.8 Å². The average Bonchev–Trinajstić information content (AvgIpc) is 2.91. The third-order valence-electron chi connectivity index (χ3n) is 3.05. The molecule has 0 unspecified atom stereocenters. The molecular formula is C15H21Cl2N5OS. The summed E-state index contributed by atoms with van der Waals surface area (Å²) in [6.45, 7) is 5.48. The predicted octanol–water partition coefficient (Wildman–Crippen LogP) is 3.58. The van der Waals surface area contributed by atoms with Gasteiger partial charge in [0.2, 0.25) is 5.16 Å². The fourth-order valence-electron chi connectivity index (χ4n) is 2.00. The Kier molecular flexibility index (Phi) is 7.61. The van der Waals surface area contributed by atoms with Crippen molar-refractivity contribution in [3.63, 3.8) is 0 Å². The SMILES string of the molecule is CC(C)Oc1c(Cl)cc(CNCCCSc2nnnn2C)cc1Cl. The summed E-state index contributed by atoms with van der Waals surface area (Å²) in [7, 11) is 1.83. The van der Waals surface area contributed by atoms with Crippen LogP contribution in [0.5, 0.6) is 5.75 Å². The third kappa shape index (κ3) is 5.81. The first kappa shape index (κ1) is 19.3. The number of halogens is 2. The lowest BCUT2D eigenvalue weighted by atomic mass is 10.2. The molecule has 0 aliphatic heterocycles. The summed E-state index contributed by atoms with van der Waals surface area (Å²) in [5.41, 5.74) is 1.03. The molecule has 0 aliphatic carbocycles. The monoisotopic (exact) mass is 389 g/mol. The van der Waals surface area contributed by atoms with E-state index in [1.54, 1.807) is 16.4 Å². The Morgan fingerprint density at radius 2 is 2.00 bits per heavy atom. The minimum absolute atomic E-state index is 0.0330. The molecule has 0 amide bonds. The summed E-state index contributed by atoms with van der Waals surface area (Å²) in [6, 6.07) is 3.77. The molecule has 0 saturated carbocycles. The van der Waals surface area contributed by atoms with Crippen LogP contribution in [-0.2, 0) is 13.6 Å². The van der Waals surface area contributed by atoms with E-state index < -0.39 is 0 Å². The van der Waals surface area contributed by atoms with Crippen molar-refractivity contribution in [2.24, 2.45) is 7.05 Å². The Balaban J connectivity index is 1.73. The summed E-state index contributed by atoms with van der Waals surface area (Å²) in [6.07, 6.45) is 1.04. The first-order chi connectivity index (χ1) is 11.5. The molecule has 1 aromatic heterocycles. The van der Waals surface area contributed by atoms with Gasteiger partial charge in [0.25, 0.3) is 0 Å². The minimum atomic E-state index is 0.0330. The minimum Gasteiger partial charge on any atom is -0.488 e. The second-order valence-electron chi connectivity index (χ2n) is 5.52. The fourth-order valence-corrected chi connectivity index (χ4v) is 3.41. The van der Waals surface area contributed by atoms with Gasteiger partial charge in [-0.15, -0.1) is 5.10 Å². The van der Waals surface area contributed by atoms with E-state index in [1.165, 1.54) is 0 Å². The normalized spacial score (nSPS) is 11.2. The van der Waals surface area contributed by atoms with E-state index in [-0.39, 0.29) is 6.10 Å². The number of aryl methyl sites for hydroxylation is 1. The van der Waals surface area contributed by atoms with Gasteiger partial charge in [-0.25, -0.2) is 4.68 Å². The zero-order valence-corrected chi connectivity index (χ0v) is 16.3. The lowest BCUT2D eigenvalue weighted by Gasteiger charge is -2.14. The second kappa shape index (κ2) is 9.46. The van der Waals surface area contributed by atoms with Crippen LogP contribution in [0, 0.1) is 0 Å². The largest absolute Gasteiger partial charge is 0.488 e. The summed E-state index contributed by atoms with van der Waals surface area (Å²) in [5.74, 6) is 1.50. The van der Waals surface area contributed by atoms with Crippen LogP contribution >= 0.6 is 35.0 Å². The van der Waals surface area contributed by atoms with Gasteiger partial charge < -0.3 is 10.1 Å². The summed E-state index contributed by atoms with van der Waals surface area (Å²) in [4.78, 5) is 0. The van der Waals surface area contributed by atoms with Crippen LogP contribution in [0.4, 0.5) is 0 Å². The van der Waals surface area contributed by atoms with Crippen molar-refractivity contribution in [2.75, 3.05) is 12.3 Å². The molecule has 0 radical (unpaired) electrons. The number of tetrazole rings is 1. The van der Waals surface area contributed by atoms with Crippen molar-refractivity contribution in [3.05, 3.63) is 27.7 Å². The molecule has 1 heterocycles. The number of thioether (sulfide) groups is 1. The Morgan fingerprint density at radius 1 is 1.29 bits per heavy atom. The molecule has 0 saturated heterocycles. The highest BCUT2D eigenvalue weighted by Gasteiger charge is 2.11. The molecule has 2 rings (SSSR count). The maximum atomic E-state index is 6.25. The van der Waals surface area contributed by atoms with Crippen LogP contribution in [0.15, 0.2) is 17.3 Å². The van der Waals surface area contributed by atoms with E-state index in [0.29, 0.717) is 22.3 Å². The van der Waals surface area contributed by atoms with Crippen molar-refractivity contribution in [2.45, 2.75) is 38.1 Å². The maximum absolute atomic E-state index is 6.25. The zero-order valence-electron chi connectivity index (χ0n) is 13.9. The Bertz CT molecular complexity index is 642. The van der Waals surface area contributed by atoms with Crippen molar-refractivity contribution in [1.29, 1.82) is 0 Å². The smallest absolute Gasteiger partial charge is 0.209 e. The van der Waals surface area contributed by atoms with Gasteiger partial charge in [0.1, 0.15) is 0 Å². The van der Waals surface area contributed by atoms with Crippen LogP contribution in [0.3, 0.4) is 0 Å². The van der Waals surface area contributed by atoms with Gasteiger partial charge in [0.05, 0.1) is 16.1 Å². The number of nitrogens with zero attached hydrogens (tertiary/aromatic N) is 4. The summed E-state index contributed by atoms with van der Waals surface area (Å²) < 4.78 is 7.30. The molecule has 24 heavy (non-hydrogen) atoms. The number of benzene rings is 1. The summed E-state index contributed by atoms with van der Waals surface area (Å²) in [5, 5.41) is 16.6. The van der Waals surface area contributed by atoms with Crippen LogP contribution in [-0.4, -0.2) is 38.6 Å². The van der Waals surface area contributed by atoms with E-state index in [2.05, 4.69) is 20.8 Å². The Labute approximate surface area is 156 Å². The highest BCUT2D eigenvalue weighted by molar-refractivity contribution is 7.99. The molecule has 6 nitrogen and oxygen atoms in total. The van der Waals surface area contributed by atoms with Gasteiger partial charge >= 0.3 is 0 Å². The summed E-state index contributed by atoms with van der Waals surface area (Å²) >= 11 is 14.1. The van der Waals surface area contributed by atoms with E-state index >= 15 is 0 Å². The standard InChI is InChI=1S/C15H21Cl2N5OS/c1-10(2)23-14-12(16)7-11(8-13(14)17)9-18-5-4-6-24-15-19-20-21-22(15)3/h7-8,10,18H,4-6,9H2,1-3H3. The van der Waals surface area contributed by atoms with Crippen molar-refractivity contribution < 1.29 is 4.74 Å². The van der Waals surface area contributed by atoms with Crippen molar-refractivity contribution in [1.82, 2.24) is 25.5 Å². The molecular weight excluding hydrogens is 369 g/mol. The van der Waals surface area contributed by atoms with Crippen LogP contribution in [0.2, 0.25) is 10.0 Å². The molecule has 9 heteroatoms. The number of aromatic nitrogens is 4. The van der Waals surface area contributed by atoms with Crippen LogP contribution < -0.4 is 10.1 Å². The van der Waals surface area contributed by atoms with E-state index in [9.17, 15) is 0 Å². The molecule has 0 fully saturated rings. The first-order valence-electron chi connectivity index (χ1n) is 7.68. The van der Waals surface area contributed by atoms with Gasteiger partial charge in [-0.2, -0.15) is 0 Å². The highest BCUT2D eigenvalue weighted by Crippen LogP contribution is 2.34.